The van der Waals surface area contributed by atoms with E-state index >= 15 is 0 Å². The number of rotatable bonds is 9. The summed E-state index contributed by atoms with van der Waals surface area (Å²) < 4.78 is 16.6. The first-order valence-corrected chi connectivity index (χ1v) is 8.55. The largest absolute Gasteiger partial charge is 0.493 e. The summed E-state index contributed by atoms with van der Waals surface area (Å²) in [6.45, 7) is 1.01. The Bertz CT molecular complexity index is 656. The third kappa shape index (κ3) is 5.13. The highest BCUT2D eigenvalue weighted by Gasteiger charge is 2.20. The molecule has 0 saturated heterocycles. The van der Waals surface area contributed by atoms with Gasteiger partial charge in [0.1, 0.15) is 0 Å². The minimum absolute atomic E-state index is 0.476. The molecule has 0 saturated carbocycles. The van der Waals surface area contributed by atoms with E-state index in [0.29, 0.717) is 17.4 Å². The smallest absolute Gasteiger partial charge is 0.203 e. The van der Waals surface area contributed by atoms with Gasteiger partial charge in [-0.15, -0.1) is 0 Å². The summed E-state index contributed by atoms with van der Waals surface area (Å²) >= 11 is 0. The van der Waals surface area contributed by atoms with E-state index in [4.69, 9.17) is 14.2 Å². The summed E-state index contributed by atoms with van der Waals surface area (Å²) in [7, 11) is 9.19. The lowest BCUT2D eigenvalue weighted by Gasteiger charge is -2.23. The van der Waals surface area contributed by atoms with Crippen LogP contribution < -0.4 is 14.2 Å². The Morgan fingerprint density at radius 3 is 2.04 bits per heavy atom. The second-order valence-corrected chi connectivity index (χ2v) is 6.52. The van der Waals surface area contributed by atoms with Crippen molar-refractivity contribution in [2.24, 2.45) is 5.92 Å². The van der Waals surface area contributed by atoms with E-state index < -0.39 is 0 Å². The molecule has 0 spiro atoms. The number of benzene rings is 2. The van der Waals surface area contributed by atoms with E-state index in [2.05, 4.69) is 55.4 Å². The van der Waals surface area contributed by atoms with Crippen LogP contribution in [-0.4, -0.2) is 46.9 Å². The zero-order valence-electron chi connectivity index (χ0n) is 15.9. The van der Waals surface area contributed by atoms with Gasteiger partial charge in [-0.05, 0) is 50.0 Å². The highest BCUT2D eigenvalue weighted by molar-refractivity contribution is 5.55. The van der Waals surface area contributed by atoms with Crippen LogP contribution in [0.2, 0.25) is 0 Å². The molecule has 0 aliphatic heterocycles. The summed E-state index contributed by atoms with van der Waals surface area (Å²) in [6.07, 6.45) is 1.94. The molecule has 0 heterocycles. The fourth-order valence-corrected chi connectivity index (χ4v) is 3.30. The quantitative estimate of drug-likeness (QED) is 0.695. The van der Waals surface area contributed by atoms with Gasteiger partial charge in [0.05, 0.1) is 21.3 Å². The molecule has 0 aliphatic rings. The van der Waals surface area contributed by atoms with Crippen LogP contribution in [0, 0.1) is 5.92 Å². The van der Waals surface area contributed by atoms with Crippen LogP contribution in [0.5, 0.6) is 17.2 Å². The highest BCUT2D eigenvalue weighted by atomic mass is 16.5. The standard InChI is InChI=1S/C21H29NO3/c1-22(2)15-17(13-16-9-7-6-8-10-16)14-18-11-12-19(23-3)21(25-5)20(18)24-4/h6-12,17H,13-15H2,1-5H3. The number of nitrogens with zero attached hydrogens (tertiary/aromatic N) is 1. The van der Waals surface area contributed by atoms with Crippen LogP contribution in [0.15, 0.2) is 42.5 Å². The van der Waals surface area contributed by atoms with E-state index in [-0.39, 0.29) is 0 Å². The SMILES string of the molecule is COc1ccc(CC(Cc2ccccc2)CN(C)C)c(OC)c1OC. The van der Waals surface area contributed by atoms with Crippen molar-refractivity contribution in [3.05, 3.63) is 53.6 Å². The van der Waals surface area contributed by atoms with Crippen LogP contribution >= 0.6 is 0 Å². The normalized spacial score (nSPS) is 12.1. The maximum atomic E-state index is 5.65. The molecule has 0 bridgehead atoms. The van der Waals surface area contributed by atoms with E-state index in [1.54, 1.807) is 21.3 Å². The zero-order valence-corrected chi connectivity index (χ0v) is 15.9. The van der Waals surface area contributed by atoms with Gasteiger partial charge in [0.25, 0.3) is 0 Å². The predicted molar refractivity (Wildman–Crippen MR) is 102 cm³/mol. The maximum absolute atomic E-state index is 5.65. The summed E-state index contributed by atoms with van der Waals surface area (Å²) in [5, 5.41) is 0. The van der Waals surface area contributed by atoms with Crippen LogP contribution in [0.3, 0.4) is 0 Å². The first-order valence-electron chi connectivity index (χ1n) is 8.55. The molecule has 2 aromatic rings. The van der Waals surface area contributed by atoms with Crippen LogP contribution in [-0.2, 0) is 12.8 Å². The van der Waals surface area contributed by atoms with Gasteiger partial charge in [-0.25, -0.2) is 0 Å². The Labute approximate surface area is 151 Å². The Morgan fingerprint density at radius 2 is 1.48 bits per heavy atom. The Kier molecular flexibility index (Phi) is 7.14. The topological polar surface area (TPSA) is 30.9 Å². The average molecular weight is 343 g/mol. The van der Waals surface area contributed by atoms with Gasteiger partial charge in [-0.1, -0.05) is 36.4 Å². The fourth-order valence-electron chi connectivity index (χ4n) is 3.30. The fraction of sp³-hybridized carbons (Fsp3) is 0.429. The molecule has 25 heavy (non-hydrogen) atoms. The lowest BCUT2D eigenvalue weighted by atomic mass is 9.91. The summed E-state index contributed by atoms with van der Waals surface area (Å²) in [5.41, 5.74) is 2.50. The van der Waals surface area contributed by atoms with Gasteiger partial charge in [0, 0.05) is 6.54 Å². The Balaban J connectivity index is 2.28. The molecule has 1 atom stereocenters. The summed E-state index contributed by atoms with van der Waals surface area (Å²) in [5.74, 6) is 2.59. The number of hydrogen-bond donors (Lipinski definition) is 0. The number of hydrogen-bond acceptors (Lipinski definition) is 4. The van der Waals surface area contributed by atoms with E-state index in [1.807, 2.05) is 6.07 Å². The molecule has 2 rings (SSSR count). The Morgan fingerprint density at radius 1 is 0.800 bits per heavy atom. The molecule has 4 heteroatoms. The van der Waals surface area contributed by atoms with Gasteiger partial charge >= 0.3 is 0 Å². The molecule has 0 aliphatic carbocycles. The van der Waals surface area contributed by atoms with Crippen LogP contribution in [0.1, 0.15) is 11.1 Å². The lowest BCUT2D eigenvalue weighted by Crippen LogP contribution is -2.25. The second-order valence-electron chi connectivity index (χ2n) is 6.52. The lowest BCUT2D eigenvalue weighted by molar-refractivity contribution is 0.307. The van der Waals surface area contributed by atoms with E-state index in [1.165, 1.54) is 5.56 Å². The maximum Gasteiger partial charge on any atom is 0.203 e. The molecular formula is C21H29NO3. The first-order chi connectivity index (χ1) is 12.1. The molecule has 0 amide bonds. The van der Waals surface area contributed by atoms with Gasteiger partial charge in [0.15, 0.2) is 11.5 Å². The first kappa shape index (κ1) is 19.1. The van der Waals surface area contributed by atoms with Crippen molar-refractivity contribution in [1.82, 2.24) is 4.90 Å². The molecule has 136 valence electrons. The highest BCUT2D eigenvalue weighted by Crippen LogP contribution is 2.40. The van der Waals surface area contributed by atoms with Gasteiger partial charge < -0.3 is 19.1 Å². The third-order valence-corrected chi connectivity index (χ3v) is 4.28. The number of ether oxygens (including phenoxy) is 3. The van der Waals surface area contributed by atoms with Crippen molar-refractivity contribution in [2.75, 3.05) is 42.0 Å². The van der Waals surface area contributed by atoms with Crippen LogP contribution in [0.25, 0.3) is 0 Å². The Hall–Kier alpha value is -2.20. The second kappa shape index (κ2) is 9.33. The molecule has 4 nitrogen and oxygen atoms in total. The van der Waals surface area contributed by atoms with Gasteiger partial charge in [0.2, 0.25) is 5.75 Å². The molecule has 0 aromatic heterocycles. The van der Waals surface area contributed by atoms with Crippen molar-refractivity contribution < 1.29 is 14.2 Å². The molecule has 0 fully saturated rings. The number of methoxy groups -OCH3 is 3. The summed E-state index contributed by atoms with van der Waals surface area (Å²) in [6, 6.07) is 14.7. The zero-order chi connectivity index (χ0) is 18.2. The summed E-state index contributed by atoms with van der Waals surface area (Å²) in [4.78, 5) is 2.24. The minimum atomic E-state index is 0.476. The van der Waals surface area contributed by atoms with Crippen molar-refractivity contribution >= 4 is 0 Å². The van der Waals surface area contributed by atoms with Crippen molar-refractivity contribution in [3.63, 3.8) is 0 Å². The molecular weight excluding hydrogens is 314 g/mol. The average Bonchev–Trinajstić information content (AvgIpc) is 2.61. The molecule has 0 radical (unpaired) electrons. The minimum Gasteiger partial charge on any atom is -0.493 e. The van der Waals surface area contributed by atoms with E-state index in [9.17, 15) is 0 Å². The predicted octanol–water partition coefficient (Wildman–Crippen LogP) is 3.68. The van der Waals surface area contributed by atoms with E-state index in [0.717, 1.165) is 30.7 Å². The molecule has 1 unspecified atom stereocenters. The van der Waals surface area contributed by atoms with Crippen LogP contribution in [0.4, 0.5) is 0 Å². The molecule has 0 N–H and O–H groups in total. The molecule has 2 aromatic carbocycles. The van der Waals surface area contributed by atoms with Gasteiger partial charge in [-0.2, -0.15) is 0 Å². The van der Waals surface area contributed by atoms with Crippen molar-refractivity contribution in [3.8, 4) is 17.2 Å². The van der Waals surface area contributed by atoms with Crippen molar-refractivity contribution in [1.29, 1.82) is 0 Å². The van der Waals surface area contributed by atoms with Gasteiger partial charge in [-0.3, -0.25) is 0 Å². The third-order valence-electron chi connectivity index (χ3n) is 4.28. The monoisotopic (exact) mass is 343 g/mol. The van der Waals surface area contributed by atoms with Crippen molar-refractivity contribution in [2.45, 2.75) is 12.8 Å².